The van der Waals surface area contributed by atoms with Gasteiger partial charge in [0, 0.05) is 53.9 Å². The number of benzene rings is 1. The summed E-state index contributed by atoms with van der Waals surface area (Å²) in [6.45, 7) is 6.41. The first-order valence-corrected chi connectivity index (χ1v) is 20.6. The van der Waals surface area contributed by atoms with E-state index in [9.17, 15) is 36.1 Å². The van der Waals surface area contributed by atoms with Crippen molar-refractivity contribution in [3.8, 4) is 5.75 Å². The van der Waals surface area contributed by atoms with Crippen molar-refractivity contribution in [1.29, 1.82) is 0 Å². The number of aliphatic hydroxyl groups excluding tert-OH is 1. The minimum atomic E-state index is -5.59. The van der Waals surface area contributed by atoms with Crippen molar-refractivity contribution in [2.75, 3.05) is 44.7 Å². The minimum absolute atomic E-state index is 0.0766. The maximum absolute atomic E-state index is 13.3. The van der Waals surface area contributed by atoms with Crippen LogP contribution in [0.5, 0.6) is 5.75 Å². The summed E-state index contributed by atoms with van der Waals surface area (Å²) in [6.07, 6.45) is 1.65. The molecule has 1 unspecified atom stereocenters. The van der Waals surface area contributed by atoms with Crippen LogP contribution in [0.15, 0.2) is 18.2 Å². The topological polar surface area (TPSA) is 82.1 Å². The van der Waals surface area contributed by atoms with Crippen molar-refractivity contribution < 1.29 is 40.8 Å². The van der Waals surface area contributed by atoms with Crippen LogP contribution in [0.2, 0.25) is 0 Å². The average molecular weight is 746 g/mol. The van der Waals surface area contributed by atoms with Crippen molar-refractivity contribution >= 4 is 16.9 Å². The number of hydrogen-bond donors (Lipinski definition) is 2. The van der Waals surface area contributed by atoms with Gasteiger partial charge in [0.1, 0.15) is 5.75 Å². The van der Waals surface area contributed by atoms with E-state index in [2.05, 4.69) is 35.2 Å². The number of likely N-dealkylation sites (tertiary alicyclic amines) is 2. The Balaban J connectivity index is 1.06. The van der Waals surface area contributed by atoms with Gasteiger partial charge in [-0.15, -0.1) is 0 Å². The van der Waals surface area contributed by atoms with Gasteiger partial charge in [0.2, 0.25) is 0 Å². The van der Waals surface area contributed by atoms with E-state index in [0.717, 1.165) is 83.1 Å². The van der Waals surface area contributed by atoms with E-state index in [1.54, 1.807) is 0 Å². The lowest BCUT2D eigenvalue weighted by molar-refractivity contribution is -0.284. The second-order valence-corrected chi connectivity index (χ2v) is 18.1. The van der Waals surface area contributed by atoms with E-state index in [1.807, 2.05) is 12.1 Å². The summed E-state index contributed by atoms with van der Waals surface area (Å²) in [4.78, 5) is 18.0. The van der Waals surface area contributed by atoms with Crippen LogP contribution in [-0.4, -0.2) is 100 Å². The summed E-state index contributed by atoms with van der Waals surface area (Å²) in [6, 6.07) is 6.68. The number of alkyl halides is 5. The fraction of sp³-hybridized carbons (Fsp3) is 0.816. The smallest absolute Gasteiger partial charge is 0.410 e. The van der Waals surface area contributed by atoms with Crippen molar-refractivity contribution in [3.63, 3.8) is 0 Å². The number of rotatable bonds is 11. The van der Waals surface area contributed by atoms with E-state index in [-0.39, 0.29) is 40.9 Å². The van der Waals surface area contributed by atoms with Gasteiger partial charge in [-0.05, 0) is 150 Å². The molecule has 2 aliphatic heterocycles. The van der Waals surface area contributed by atoms with Crippen LogP contribution in [-0.2, 0) is 17.2 Å². The molecule has 5 aliphatic rings. The van der Waals surface area contributed by atoms with Crippen LogP contribution >= 0.6 is 0 Å². The molecule has 3 aliphatic carbocycles. The highest BCUT2D eigenvalue weighted by molar-refractivity contribution is 7.84. The lowest BCUT2D eigenvalue weighted by Crippen LogP contribution is -2.51. The monoisotopic (exact) mass is 745 g/mol. The molecule has 7 nitrogen and oxygen atoms in total. The zero-order valence-electron chi connectivity index (χ0n) is 30.1. The molecule has 51 heavy (non-hydrogen) atoms. The molecule has 0 spiro atoms. The number of piperidine rings is 2. The van der Waals surface area contributed by atoms with Gasteiger partial charge in [-0.25, -0.2) is 4.79 Å². The Kier molecular flexibility index (Phi) is 12.1. The molecule has 2 N–H and O–H groups in total. The number of nitrogens with zero attached hydrogens (tertiary/aromatic N) is 2. The highest BCUT2D eigenvalue weighted by atomic mass is 32.2. The molecule has 6 rings (SSSR count). The van der Waals surface area contributed by atoms with Gasteiger partial charge < -0.3 is 25.0 Å². The average Bonchev–Trinajstić information content (AvgIpc) is 3.38. The lowest BCUT2D eigenvalue weighted by Gasteiger charge is -2.53. The van der Waals surface area contributed by atoms with Crippen LogP contribution in [0.25, 0.3) is 0 Å². The van der Waals surface area contributed by atoms with E-state index in [0.29, 0.717) is 30.0 Å². The maximum atomic E-state index is 13.3. The van der Waals surface area contributed by atoms with Gasteiger partial charge in [0.25, 0.3) is 0 Å². The Bertz CT molecular complexity index is 1380. The molecular formula is C38H56F5N3O4S. The van der Waals surface area contributed by atoms with Gasteiger partial charge in [-0.3, -0.25) is 4.21 Å². The predicted octanol–water partition coefficient (Wildman–Crippen LogP) is 7.28. The summed E-state index contributed by atoms with van der Waals surface area (Å²) in [5.74, 6) is -3.02. The third-order valence-electron chi connectivity index (χ3n) is 13.3. The maximum Gasteiger partial charge on any atom is 0.453 e. The Labute approximate surface area is 301 Å². The number of aliphatic hydroxyl groups is 1. The molecule has 0 radical (unpaired) electrons. The molecule has 1 amide bonds. The van der Waals surface area contributed by atoms with Gasteiger partial charge in [0.15, 0.2) is 0 Å². The first-order valence-electron chi connectivity index (χ1n) is 19.2. The molecule has 13 heteroatoms. The summed E-state index contributed by atoms with van der Waals surface area (Å²) in [5.41, 5.74) is 2.24. The van der Waals surface area contributed by atoms with Gasteiger partial charge >= 0.3 is 18.2 Å². The minimum Gasteiger partial charge on any atom is -0.410 e. The summed E-state index contributed by atoms with van der Waals surface area (Å²) in [7, 11) is 0.683. The molecular weight excluding hydrogens is 689 g/mol. The van der Waals surface area contributed by atoms with Gasteiger partial charge in [0.05, 0.1) is 6.10 Å². The van der Waals surface area contributed by atoms with Gasteiger partial charge in [-0.1, -0.05) is 13.0 Å². The fourth-order valence-electron chi connectivity index (χ4n) is 10.4. The largest absolute Gasteiger partial charge is 0.453 e. The standard InChI is InChI=1S/C38H56F5N3O4S/c1-36-16-10-31-30-7-6-29(50-35(48)44-27-11-19-46(20-12-27)28-13-17-45(2)18-14-28)24-26(30)23-25(34(31)32(36)8-9-33(36)47)5-3-21-51(49)22-4-15-37(39,40)38(41,42)43/h6-7,24-25,27-28,31-34,47H,3-5,8-23H2,1-2H3,(H,44,48)/t25-,31-,32+,33+,34-,36+,51?/m1/s1. The Morgan fingerprint density at radius 2 is 1.71 bits per heavy atom. The van der Waals surface area contributed by atoms with Crippen LogP contribution < -0.4 is 10.1 Å². The fourth-order valence-corrected chi connectivity index (χ4v) is 11.5. The zero-order valence-corrected chi connectivity index (χ0v) is 30.9. The Morgan fingerprint density at radius 1 is 1.00 bits per heavy atom. The number of nitrogens with one attached hydrogen (secondary N) is 1. The number of fused-ring (bicyclic) bond motifs is 5. The summed E-state index contributed by atoms with van der Waals surface area (Å²) < 4.78 is 82.8. The van der Waals surface area contributed by atoms with E-state index in [4.69, 9.17) is 4.74 Å². The molecule has 2 saturated heterocycles. The Hall–Kier alpha value is -1.83. The first-order chi connectivity index (χ1) is 24.1. The van der Waals surface area contributed by atoms with Crippen molar-refractivity contribution in [3.05, 3.63) is 29.3 Å². The van der Waals surface area contributed by atoms with E-state index >= 15 is 0 Å². The molecule has 0 bridgehead atoms. The van der Waals surface area contributed by atoms with E-state index < -0.39 is 41.8 Å². The van der Waals surface area contributed by atoms with Crippen LogP contribution in [0.1, 0.15) is 101 Å². The number of halogens is 5. The first kappa shape index (κ1) is 38.9. The highest BCUT2D eigenvalue weighted by Crippen LogP contribution is 2.62. The zero-order chi connectivity index (χ0) is 36.6. The number of ether oxygens (including phenoxy) is 1. The van der Waals surface area contributed by atoms with E-state index in [1.165, 1.54) is 18.4 Å². The quantitative estimate of drug-likeness (QED) is 0.232. The van der Waals surface area contributed by atoms with Crippen LogP contribution in [0.4, 0.5) is 26.7 Å². The number of carbonyl (C=O) groups excluding carboxylic acids is 1. The molecule has 2 saturated carbocycles. The second kappa shape index (κ2) is 15.9. The van der Waals surface area contributed by atoms with Crippen molar-refractivity contribution in [1.82, 2.24) is 15.1 Å². The third-order valence-corrected chi connectivity index (χ3v) is 14.8. The van der Waals surface area contributed by atoms with Crippen LogP contribution in [0.3, 0.4) is 0 Å². The Morgan fingerprint density at radius 3 is 2.41 bits per heavy atom. The molecule has 4 fully saturated rings. The van der Waals surface area contributed by atoms with Crippen molar-refractivity contribution in [2.24, 2.45) is 23.2 Å². The normalized spacial score (nSPS) is 31.8. The number of amides is 1. The number of hydrogen-bond acceptors (Lipinski definition) is 6. The SMILES string of the molecule is CN1CCC(N2CCC(NC(=O)Oc3ccc4c(c3)C[C@@H](CCCS(=O)CCCC(F)(F)C(F)(F)F)[C@@H]3[C@@H]4CC[C@]4(C)[C@@H](O)CC[C@@H]34)CC2)CC1. The lowest BCUT2D eigenvalue weighted by atomic mass is 9.52. The van der Waals surface area contributed by atoms with Gasteiger partial charge in [-0.2, -0.15) is 22.0 Å². The highest BCUT2D eigenvalue weighted by Gasteiger charge is 2.57. The van der Waals surface area contributed by atoms with Crippen LogP contribution in [0, 0.1) is 23.2 Å². The van der Waals surface area contributed by atoms with Crippen molar-refractivity contribution in [2.45, 2.75) is 127 Å². The molecule has 7 atom stereocenters. The third kappa shape index (κ3) is 8.78. The second-order valence-electron chi connectivity index (χ2n) is 16.4. The summed E-state index contributed by atoms with van der Waals surface area (Å²) >= 11 is 0. The molecule has 2 heterocycles. The molecule has 0 aromatic heterocycles. The molecule has 1 aromatic carbocycles. The molecule has 1 aromatic rings. The number of carbonyl (C=O) groups is 1. The predicted molar refractivity (Wildman–Crippen MR) is 188 cm³/mol. The molecule has 288 valence electrons. The summed E-state index contributed by atoms with van der Waals surface area (Å²) in [5, 5.41) is 14.1.